The summed E-state index contributed by atoms with van der Waals surface area (Å²) in [6.07, 6.45) is 2.24. The van der Waals surface area contributed by atoms with Gasteiger partial charge in [-0.05, 0) is 83.9 Å². The van der Waals surface area contributed by atoms with Crippen molar-refractivity contribution in [3.63, 3.8) is 0 Å². The van der Waals surface area contributed by atoms with Crippen molar-refractivity contribution in [2.24, 2.45) is 23.7 Å². The van der Waals surface area contributed by atoms with Crippen molar-refractivity contribution in [2.45, 2.75) is 24.8 Å². The largest absolute Gasteiger partial charge is 0.465 e. The molecule has 0 saturated heterocycles. The number of benzene rings is 2. The summed E-state index contributed by atoms with van der Waals surface area (Å²) in [6, 6.07) is 14.7. The average molecular weight is 442 g/mol. The summed E-state index contributed by atoms with van der Waals surface area (Å²) in [4.78, 5) is 12.1. The Morgan fingerprint density at radius 1 is 1.21 bits per heavy atom. The number of anilines is 1. The molecule has 2 N–H and O–H groups in total. The third kappa shape index (κ3) is 2.71. The minimum Gasteiger partial charge on any atom is -0.465 e. The molecule has 2 bridgehead atoms. The Balaban J connectivity index is 1.60. The molecule has 146 valence electrons. The number of ether oxygens (including phenoxy) is 1. The Morgan fingerprint density at radius 3 is 2.71 bits per heavy atom. The number of hydrogen-bond donors (Lipinski definition) is 2. The predicted octanol–water partition coefficient (Wildman–Crippen LogP) is 4.75. The fraction of sp³-hybridized carbons (Fsp3) is 0.435. The van der Waals surface area contributed by atoms with Crippen molar-refractivity contribution < 1.29 is 14.6 Å². The van der Waals surface area contributed by atoms with Crippen LogP contribution in [0.5, 0.6) is 0 Å². The van der Waals surface area contributed by atoms with Gasteiger partial charge in [-0.3, -0.25) is 0 Å². The lowest BCUT2D eigenvalue weighted by atomic mass is 9.65. The highest BCUT2D eigenvalue weighted by atomic mass is 79.9. The van der Waals surface area contributed by atoms with Gasteiger partial charge in [-0.15, -0.1) is 0 Å². The molecule has 4 nitrogen and oxygen atoms in total. The molecule has 28 heavy (non-hydrogen) atoms. The SMILES string of the molecule is COC(=O)c1ccc2c(c1)[C@H]1[C@@H]3C[C@H](CO)[C@@H](C3)[C@H]1[C@H](c1ccc(Br)cc1)N2. The van der Waals surface area contributed by atoms with E-state index < -0.39 is 0 Å². The van der Waals surface area contributed by atoms with Crippen molar-refractivity contribution in [3.8, 4) is 0 Å². The van der Waals surface area contributed by atoms with E-state index in [4.69, 9.17) is 4.74 Å². The topological polar surface area (TPSA) is 58.6 Å². The Kier molecular flexibility index (Phi) is 4.48. The molecule has 2 aromatic carbocycles. The lowest BCUT2D eigenvalue weighted by Gasteiger charge is -2.45. The lowest BCUT2D eigenvalue weighted by Crippen LogP contribution is -2.39. The molecule has 0 spiro atoms. The highest BCUT2D eigenvalue weighted by Gasteiger charge is 2.57. The molecule has 0 unspecified atom stereocenters. The van der Waals surface area contributed by atoms with Gasteiger partial charge in [0, 0.05) is 16.8 Å². The van der Waals surface area contributed by atoms with Crippen LogP contribution in [0.25, 0.3) is 0 Å². The first-order chi connectivity index (χ1) is 13.6. The van der Waals surface area contributed by atoms with Crippen LogP contribution in [0.3, 0.4) is 0 Å². The number of nitrogens with one attached hydrogen (secondary N) is 1. The first-order valence-electron chi connectivity index (χ1n) is 9.96. The van der Waals surface area contributed by atoms with Gasteiger partial charge in [0.15, 0.2) is 0 Å². The molecule has 6 atom stereocenters. The second-order valence-electron chi connectivity index (χ2n) is 8.41. The molecule has 0 aromatic heterocycles. The molecule has 3 aliphatic rings. The van der Waals surface area contributed by atoms with Crippen LogP contribution >= 0.6 is 15.9 Å². The first-order valence-corrected chi connectivity index (χ1v) is 10.7. The number of hydrogen-bond acceptors (Lipinski definition) is 4. The van der Waals surface area contributed by atoms with Crippen molar-refractivity contribution in [2.75, 3.05) is 19.0 Å². The Labute approximate surface area is 173 Å². The number of halogens is 1. The molecular formula is C23H24BrNO3. The summed E-state index contributed by atoms with van der Waals surface area (Å²) in [6.45, 7) is 0.270. The summed E-state index contributed by atoms with van der Waals surface area (Å²) < 4.78 is 6.02. The third-order valence-corrected chi connectivity index (χ3v) is 7.72. The fourth-order valence-electron chi connectivity index (χ4n) is 6.13. The maximum Gasteiger partial charge on any atom is 0.337 e. The van der Waals surface area contributed by atoms with Crippen LogP contribution < -0.4 is 5.32 Å². The van der Waals surface area contributed by atoms with Crippen molar-refractivity contribution in [3.05, 3.63) is 63.6 Å². The molecule has 2 saturated carbocycles. The maximum atomic E-state index is 12.1. The monoisotopic (exact) mass is 441 g/mol. The zero-order valence-corrected chi connectivity index (χ0v) is 17.4. The molecule has 5 rings (SSSR count). The number of aliphatic hydroxyl groups is 1. The molecule has 2 aliphatic carbocycles. The number of rotatable bonds is 3. The van der Waals surface area contributed by atoms with E-state index >= 15 is 0 Å². The summed E-state index contributed by atoms with van der Waals surface area (Å²) in [5.74, 6) is 2.02. The predicted molar refractivity (Wildman–Crippen MR) is 111 cm³/mol. The van der Waals surface area contributed by atoms with E-state index in [-0.39, 0.29) is 18.6 Å². The molecular weight excluding hydrogens is 418 g/mol. The van der Waals surface area contributed by atoms with E-state index in [1.807, 2.05) is 18.2 Å². The number of carbonyl (C=O) groups excluding carboxylic acids is 1. The molecule has 0 amide bonds. The number of fused-ring (bicyclic) bond motifs is 7. The molecule has 0 radical (unpaired) electrons. The normalized spacial score (nSPS) is 32.4. The summed E-state index contributed by atoms with van der Waals surface area (Å²) >= 11 is 3.54. The summed E-state index contributed by atoms with van der Waals surface area (Å²) in [5, 5.41) is 13.7. The van der Waals surface area contributed by atoms with Crippen LogP contribution in [0.1, 0.15) is 46.3 Å². The molecule has 1 aliphatic heterocycles. The second kappa shape index (κ2) is 6.89. The standard InChI is InChI=1S/C23H24BrNO3/c1-28-23(27)13-4-7-19-18(9-13)20-14-8-15(11-26)17(10-14)21(20)22(25-19)12-2-5-16(24)6-3-12/h2-7,9,14-15,17,20-22,25-26H,8,10-11H2,1H3/t14-,15-,17-,20-,21-,22+/m1/s1. The van der Waals surface area contributed by atoms with Gasteiger partial charge in [-0.25, -0.2) is 4.79 Å². The van der Waals surface area contributed by atoms with Gasteiger partial charge >= 0.3 is 5.97 Å². The third-order valence-electron chi connectivity index (χ3n) is 7.19. The molecule has 2 aromatic rings. The summed E-state index contributed by atoms with van der Waals surface area (Å²) in [5.41, 5.74) is 4.26. The van der Waals surface area contributed by atoms with Gasteiger partial charge < -0.3 is 15.2 Å². The number of aliphatic hydroxyl groups excluding tert-OH is 1. The van der Waals surface area contributed by atoms with E-state index in [1.54, 1.807) is 0 Å². The number of methoxy groups -OCH3 is 1. The average Bonchev–Trinajstić information content (AvgIpc) is 3.32. The molecule has 2 fully saturated rings. The summed E-state index contributed by atoms with van der Waals surface area (Å²) in [7, 11) is 1.43. The van der Waals surface area contributed by atoms with Crippen molar-refractivity contribution in [1.29, 1.82) is 0 Å². The van der Waals surface area contributed by atoms with E-state index in [0.717, 1.165) is 23.0 Å². The van der Waals surface area contributed by atoms with Crippen molar-refractivity contribution >= 4 is 27.6 Å². The van der Waals surface area contributed by atoms with Gasteiger partial charge in [0.05, 0.1) is 18.7 Å². The van der Waals surface area contributed by atoms with E-state index in [2.05, 4.69) is 45.5 Å². The van der Waals surface area contributed by atoms with Crippen LogP contribution in [0, 0.1) is 23.7 Å². The first kappa shape index (κ1) is 18.2. The quantitative estimate of drug-likeness (QED) is 0.674. The lowest BCUT2D eigenvalue weighted by molar-refractivity contribution is 0.0600. The van der Waals surface area contributed by atoms with Crippen LogP contribution in [0.4, 0.5) is 5.69 Å². The zero-order valence-electron chi connectivity index (χ0n) is 15.8. The smallest absolute Gasteiger partial charge is 0.337 e. The highest BCUT2D eigenvalue weighted by molar-refractivity contribution is 9.10. The minimum atomic E-state index is -0.286. The van der Waals surface area contributed by atoms with Crippen LogP contribution in [-0.4, -0.2) is 24.8 Å². The Hall–Kier alpha value is -1.85. The van der Waals surface area contributed by atoms with Crippen LogP contribution in [-0.2, 0) is 4.74 Å². The second-order valence-corrected chi connectivity index (χ2v) is 9.32. The van der Waals surface area contributed by atoms with E-state index in [1.165, 1.54) is 18.2 Å². The molecule has 1 heterocycles. The van der Waals surface area contributed by atoms with Gasteiger partial charge in [0.2, 0.25) is 0 Å². The Morgan fingerprint density at radius 2 is 2.00 bits per heavy atom. The van der Waals surface area contributed by atoms with Crippen LogP contribution in [0.2, 0.25) is 0 Å². The van der Waals surface area contributed by atoms with E-state index in [0.29, 0.717) is 35.2 Å². The Bertz CT molecular complexity index is 913. The van der Waals surface area contributed by atoms with Gasteiger partial charge in [-0.2, -0.15) is 0 Å². The number of carbonyl (C=O) groups is 1. The minimum absolute atomic E-state index is 0.221. The van der Waals surface area contributed by atoms with E-state index in [9.17, 15) is 9.90 Å². The van der Waals surface area contributed by atoms with Gasteiger partial charge in [0.1, 0.15) is 0 Å². The van der Waals surface area contributed by atoms with Gasteiger partial charge in [-0.1, -0.05) is 28.1 Å². The highest BCUT2D eigenvalue weighted by Crippen LogP contribution is 2.65. The maximum absolute atomic E-state index is 12.1. The van der Waals surface area contributed by atoms with Crippen molar-refractivity contribution in [1.82, 2.24) is 0 Å². The molecule has 5 heteroatoms. The zero-order chi connectivity index (χ0) is 19.4. The fourth-order valence-corrected chi connectivity index (χ4v) is 6.39. The van der Waals surface area contributed by atoms with Gasteiger partial charge in [0.25, 0.3) is 0 Å². The number of esters is 1. The van der Waals surface area contributed by atoms with Crippen LogP contribution in [0.15, 0.2) is 46.9 Å².